The first-order chi connectivity index (χ1) is 11.7. The third-order valence-electron chi connectivity index (χ3n) is 4.49. The predicted molar refractivity (Wildman–Crippen MR) is 98.3 cm³/mol. The van der Waals surface area contributed by atoms with Crippen LogP contribution in [0.15, 0.2) is 36.7 Å². The predicted octanol–water partition coefficient (Wildman–Crippen LogP) is 3.21. The summed E-state index contributed by atoms with van der Waals surface area (Å²) in [5, 5.41) is 3.19. The maximum Gasteiger partial charge on any atom is 0.318 e. The van der Waals surface area contributed by atoms with Gasteiger partial charge in [-0.15, -0.1) is 0 Å². The van der Waals surface area contributed by atoms with Crippen molar-refractivity contribution in [1.82, 2.24) is 20.2 Å². The SMILES string of the molecule is CCC(CSC)NC(=O)N1CCc2[nH]cnc2C1c1ccccc1. The van der Waals surface area contributed by atoms with Crippen molar-refractivity contribution in [3.8, 4) is 0 Å². The number of carbonyl (C=O) groups is 1. The molecule has 6 heteroatoms. The van der Waals surface area contributed by atoms with E-state index in [-0.39, 0.29) is 18.1 Å². The molecule has 24 heavy (non-hydrogen) atoms. The number of carbonyl (C=O) groups excluding carboxylic acids is 1. The van der Waals surface area contributed by atoms with E-state index in [0.29, 0.717) is 6.54 Å². The van der Waals surface area contributed by atoms with Gasteiger partial charge >= 0.3 is 6.03 Å². The van der Waals surface area contributed by atoms with Crippen molar-refractivity contribution >= 4 is 17.8 Å². The maximum absolute atomic E-state index is 12.9. The van der Waals surface area contributed by atoms with Gasteiger partial charge in [0.15, 0.2) is 0 Å². The van der Waals surface area contributed by atoms with Crippen molar-refractivity contribution in [1.29, 1.82) is 0 Å². The molecule has 2 atom stereocenters. The molecule has 2 N–H and O–H groups in total. The fourth-order valence-corrected chi connectivity index (χ4v) is 3.91. The Bertz CT molecular complexity index is 673. The minimum atomic E-state index is -0.131. The molecular formula is C18H24N4OS. The molecule has 2 aromatic rings. The third kappa shape index (κ3) is 3.43. The second kappa shape index (κ2) is 7.75. The van der Waals surface area contributed by atoms with Crippen LogP contribution in [0.3, 0.4) is 0 Å². The highest BCUT2D eigenvalue weighted by Crippen LogP contribution is 2.33. The Morgan fingerprint density at radius 1 is 1.46 bits per heavy atom. The Kier molecular flexibility index (Phi) is 5.45. The maximum atomic E-state index is 12.9. The smallest absolute Gasteiger partial charge is 0.318 e. The number of aromatic amines is 1. The fourth-order valence-electron chi connectivity index (χ4n) is 3.19. The van der Waals surface area contributed by atoms with Crippen LogP contribution in [0.1, 0.15) is 36.3 Å². The summed E-state index contributed by atoms with van der Waals surface area (Å²) in [7, 11) is 0. The zero-order chi connectivity index (χ0) is 16.9. The molecule has 1 aromatic carbocycles. The lowest BCUT2D eigenvalue weighted by atomic mass is 9.96. The van der Waals surface area contributed by atoms with Gasteiger partial charge in [-0.3, -0.25) is 0 Å². The number of hydrogen-bond acceptors (Lipinski definition) is 3. The number of H-pyrrole nitrogens is 1. The fraction of sp³-hybridized carbons (Fsp3) is 0.444. The number of hydrogen-bond donors (Lipinski definition) is 2. The molecule has 0 saturated carbocycles. The van der Waals surface area contributed by atoms with E-state index in [1.165, 1.54) is 0 Å². The van der Waals surface area contributed by atoms with Gasteiger partial charge in [0.25, 0.3) is 0 Å². The van der Waals surface area contributed by atoms with Gasteiger partial charge in [0.1, 0.15) is 6.04 Å². The number of nitrogens with one attached hydrogen (secondary N) is 2. The zero-order valence-corrected chi connectivity index (χ0v) is 15.0. The van der Waals surface area contributed by atoms with Crippen molar-refractivity contribution in [3.05, 3.63) is 53.6 Å². The largest absolute Gasteiger partial charge is 0.348 e. The molecule has 3 rings (SSSR count). The summed E-state index contributed by atoms with van der Waals surface area (Å²) in [6.45, 7) is 2.80. The highest BCUT2D eigenvalue weighted by Gasteiger charge is 2.34. The summed E-state index contributed by atoms with van der Waals surface area (Å²) in [4.78, 5) is 22.6. The summed E-state index contributed by atoms with van der Waals surface area (Å²) in [6, 6.07) is 10.2. The van der Waals surface area contributed by atoms with Gasteiger partial charge in [-0.05, 0) is 18.2 Å². The molecule has 128 valence electrons. The summed E-state index contributed by atoms with van der Waals surface area (Å²) in [6.07, 6.45) is 5.54. The van der Waals surface area contributed by atoms with E-state index in [2.05, 4.69) is 40.6 Å². The number of urea groups is 1. The highest BCUT2D eigenvalue weighted by atomic mass is 32.2. The molecule has 1 aliphatic heterocycles. The van der Waals surface area contributed by atoms with E-state index in [1.807, 2.05) is 23.1 Å². The topological polar surface area (TPSA) is 61.0 Å². The Morgan fingerprint density at radius 3 is 2.96 bits per heavy atom. The molecule has 0 saturated heterocycles. The molecular weight excluding hydrogens is 320 g/mol. The molecule has 5 nitrogen and oxygen atoms in total. The summed E-state index contributed by atoms with van der Waals surface area (Å²) in [5.41, 5.74) is 3.18. The van der Waals surface area contributed by atoms with Gasteiger partial charge in [0.05, 0.1) is 12.0 Å². The van der Waals surface area contributed by atoms with E-state index in [0.717, 1.165) is 35.5 Å². The first-order valence-electron chi connectivity index (χ1n) is 8.37. The Hall–Kier alpha value is -1.95. The Morgan fingerprint density at radius 2 is 2.25 bits per heavy atom. The van der Waals surface area contributed by atoms with Gasteiger partial charge in [-0.1, -0.05) is 37.3 Å². The molecule has 0 radical (unpaired) electrons. The number of nitrogens with zero attached hydrogens (tertiary/aromatic N) is 2. The average Bonchev–Trinajstić information content (AvgIpc) is 3.09. The highest BCUT2D eigenvalue weighted by molar-refractivity contribution is 7.98. The summed E-state index contributed by atoms with van der Waals surface area (Å²) in [5.74, 6) is 0.930. The van der Waals surface area contributed by atoms with Crippen LogP contribution in [-0.4, -0.2) is 45.5 Å². The Labute approximate surface area is 147 Å². The molecule has 2 amide bonds. The van der Waals surface area contributed by atoms with Crippen molar-refractivity contribution in [2.75, 3.05) is 18.6 Å². The lowest BCUT2D eigenvalue weighted by molar-refractivity contribution is 0.175. The van der Waals surface area contributed by atoms with Gasteiger partial charge in [0, 0.05) is 30.5 Å². The molecule has 1 aromatic heterocycles. The van der Waals surface area contributed by atoms with Crippen LogP contribution in [0, 0.1) is 0 Å². The van der Waals surface area contributed by atoms with Crippen molar-refractivity contribution < 1.29 is 4.79 Å². The van der Waals surface area contributed by atoms with Crippen LogP contribution >= 0.6 is 11.8 Å². The van der Waals surface area contributed by atoms with Gasteiger partial charge in [0.2, 0.25) is 0 Å². The van der Waals surface area contributed by atoms with Gasteiger partial charge in [-0.2, -0.15) is 11.8 Å². The third-order valence-corrected chi connectivity index (χ3v) is 5.23. The van der Waals surface area contributed by atoms with Crippen LogP contribution in [0.5, 0.6) is 0 Å². The average molecular weight is 344 g/mol. The van der Waals surface area contributed by atoms with E-state index in [1.54, 1.807) is 18.1 Å². The number of benzene rings is 1. The first-order valence-corrected chi connectivity index (χ1v) is 9.77. The van der Waals surface area contributed by atoms with Crippen molar-refractivity contribution in [2.45, 2.75) is 31.8 Å². The number of fused-ring (bicyclic) bond motifs is 1. The molecule has 2 unspecified atom stereocenters. The number of rotatable bonds is 5. The van der Waals surface area contributed by atoms with Gasteiger partial charge in [-0.25, -0.2) is 9.78 Å². The standard InChI is InChI=1S/C18H24N4OS/c1-3-14(11-24-2)21-18(23)22-10-9-15-16(20-12-19-15)17(22)13-7-5-4-6-8-13/h4-8,12,14,17H,3,9-11H2,1-2H3,(H,19,20)(H,21,23). The quantitative estimate of drug-likeness (QED) is 0.875. The van der Waals surface area contributed by atoms with Crippen LogP contribution in [0.4, 0.5) is 4.79 Å². The monoisotopic (exact) mass is 344 g/mol. The van der Waals surface area contributed by atoms with Crippen LogP contribution in [0.25, 0.3) is 0 Å². The van der Waals surface area contributed by atoms with Crippen molar-refractivity contribution in [3.63, 3.8) is 0 Å². The summed E-state index contributed by atoms with van der Waals surface area (Å²) < 4.78 is 0. The molecule has 0 spiro atoms. The Balaban J connectivity index is 1.87. The lowest BCUT2D eigenvalue weighted by Crippen LogP contribution is -2.49. The molecule has 1 aliphatic rings. The number of imidazole rings is 1. The van der Waals surface area contributed by atoms with Gasteiger partial charge < -0.3 is 15.2 Å². The van der Waals surface area contributed by atoms with E-state index < -0.39 is 0 Å². The van der Waals surface area contributed by atoms with E-state index in [4.69, 9.17) is 0 Å². The summed E-state index contributed by atoms with van der Waals surface area (Å²) >= 11 is 1.76. The molecule has 0 aliphatic carbocycles. The number of thioether (sulfide) groups is 1. The van der Waals surface area contributed by atoms with E-state index >= 15 is 0 Å². The van der Waals surface area contributed by atoms with Crippen LogP contribution in [-0.2, 0) is 6.42 Å². The molecule has 0 bridgehead atoms. The first kappa shape index (κ1) is 16.9. The van der Waals surface area contributed by atoms with Crippen LogP contribution in [0.2, 0.25) is 0 Å². The second-order valence-corrected chi connectivity index (χ2v) is 6.94. The van der Waals surface area contributed by atoms with Crippen LogP contribution < -0.4 is 5.32 Å². The van der Waals surface area contributed by atoms with Crippen molar-refractivity contribution in [2.24, 2.45) is 0 Å². The minimum absolute atomic E-state index is 0.00148. The molecule has 2 heterocycles. The normalized spacial score (nSPS) is 18.1. The molecule has 0 fully saturated rings. The zero-order valence-electron chi connectivity index (χ0n) is 14.2. The lowest BCUT2D eigenvalue weighted by Gasteiger charge is -2.36. The second-order valence-electron chi connectivity index (χ2n) is 6.03. The number of aromatic nitrogens is 2. The number of amides is 2. The minimum Gasteiger partial charge on any atom is -0.348 e. The van der Waals surface area contributed by atoms with E-state index in [9.17, 15) is 4.79 Å².